The van der Waals surface area contributed by atoms with Crippen molar-refractivity contribution in [3.63, 3.8) is 0 Å². The van der Waals surface area contributed by atoms with Crippen molar-refractivity contribution in [1.29, 1.82) is 0 Å². The molecule has 0 saturated carbocycles. The Morgan fingerprint density at radius 3 is 2.44 bits per heavy atom. The molecule has 0 N–H and O–H groups in total. The molecular weight excluding hydrogens is 429 g/mol. The van der Waals surface area contributed by atoms with Crippen LogP contribution in [0.3, 0.4) is 0 Å². The van der Waals surface area contributed by atoms with Gasteiger partial charge in [-0.3, -0.25) is 14.5 Å². The van der Waals surface area contributed by atoms with Crippen molar-refractivity contribution >= 4 is 23.4 Å². The van der Waals surface area contributed by atoms with Crippen LogP contribution in [0.15, 0.2) is 48.5 Å². The predicted octanol–water partition coefficient (Wildman–Crippen LogP) is 3.60. The number of halogens is 2. The summed E-state index contributed by atoms with van der Waals surface area (Å²) in [6, 6.07) is 14.2. The molecule has 0 aliphatic carbocycles. The van der Waals surface area contributed by atoms with Gasteiger partial charge in [0, 0.05) is 50.8 Å². The SMILES string of the molecule is O=C(Cc1ccccc1)N1CCCC(C(=O)N2CCN(Cc3ccc(F)cc3Cl)CC2)C1. The summed E-state index contributed by atoms with van der Waals surface area (Å²) in [5, 5.41) is 0.436. The molecule has 0 aromatic heterocycles. The summed E-state index contributed by atoms with van der Waals surface area (Å²) >= 11 is 6.16. The molecule has 2 aromatic rings. The van der Waals surface area contributed by atoms with Crippen LogP contribution in [0.1, 0.15) is 24.0 Å². The summed E-state index contributed by atoms with van der Waals surface area (Å²) in [6.07, 6.45) is 2.08. The smallest absolute Gasteiger partial charge is 0.227 e. The molecule has 0 radical (unpaired) electrons. The Labute approximate surface area is 193 Å². The van der Waals surface area contributed by atoms with E-state index in [1.165, 1.54) is 12.1 Å². The van der Waals surface area contributed by atoms with Crippen molar-refractivity contribution in [3.05, 3.63) is 70.5 Å². The van der Waals surface area contributed by atoms with Gasteiger partial charge in [-0.15, -0.1) is 0 Å². The molecule has 0 bridgehead atoms. The number of carbonyl (C=O) groups excluding carboxylic acids is 2. The van der Waals surface area contributed by atoms with Crippen LogP contribution in [0.25, 0.3) is 0 Å². The first kappa shape index (κ1) is 22.7. The molecule has 2 aliphatic rings. The van der Waals surface area contributed by atoms with Crippen molar-refractivity contribution in [2.45, 2.75) is 25.8 Å². The Balaban J connectivity index is 1.27. The highest BCUT2D eigenvalue weighted by Gasteiger charge is 2.32. The maximum absolute atomic E-state index is 13.3. The largest absolute Gasteiger partial charge is 0.342 e. The zero-order chi connectivity index (χ0) is 22.5. The number of piperidine rings is 1. The fraction of sp³-hybridized carbons (Fsp3) is 0.440. The van der Waals surface area contributed by atoms with Crippen LogP contribution in [0.2, 0.25) is 5.02 Å². The van der Waals surface area contributed by atoms with Crippen molar-refractivity contribution in [2.24, 2.45) is 5.92 Å². The van der Waals surface area contributed by atoms with E-state index in [1.54, 1.807) is 6.07 Å². The topological polar surface area (TPSA) is 43.9 Å². The molecule has 2 fully saturated rings. The number of amides is 2. The molecular formula is C25H29ClFN3O2. The molecule has 2 aromatic carbocycles. The van der Waals surface area contributed by atoms with Gasteiger partial charge >= 0.3 is 0 Å². The highest BCUT2D eigenvalue weighted by atomic mass is 35.5. The lowest BCUT2D eigenvalue weighted by Crippen LogP contribution is -2.52. The maximum atomic E-state index is 13.3. The molecule has 2 heterocycles. The van der Waals surface area contributed by atoms with Gasteiger partial charge in [0.15, 0.2) is 0 Å². The van der Waals surface area contributed by atoms with Gasteiger partial charge in [0.25, 0.3) is 0 Å². The van der Waals surface area contributed by atoms with Crippen LogP contribution < -0.4 is 0 Å². The highest BCUT2D eigenvalue weighted by molar-refractivity contribution is 6.31. The number of benzene rings is 2. The summed E-state index contributed by atoms with van der Waals surface area (Å²) < 4.78 is 13.3. The zero-order valence-electron chi connectivity index (χ0n) is 18.2. The summed E-state index contributed by atoms with van der Waals surface area (Å²) in [7, 11) is 0. The predicted molar refractivity (Wildman–Crippen MR) is 123 cm³/mol. The van der Waals surface area contributed by atoms with E-state index in [4.69, 9.17) is 11.6 Å². The molecule has 1 unspecified atom stereocenters. The normalized spacial score (nSPS) is 19.8. The van der Waals surface area contributed by atoms with Crippen molar-refractivity contribution in [2.75, 3.05) is 39.3 Å². The molecule has 2 amide bonds. The van der Waals surface area contributed by atoms with E-state index in [2.05, 4.69) is 4.90 Å². The van der Waals surface area contributed by atoms with E-state index >= 15 is 0 Å². The number of nitrogens with zero attached hydrogens (tertiary/aromatic N) is 3. The van der Waals surface area contributed by atoms with Crippen LogP contribution in [0.4, 0.5) is 4.39 Å². The van der Waals surface area contributed by atoms with E-state index in [0.717, 1.165) is 43.6 Å². The molecule has 7 heteroatoms. The minimum absolute atomic E-state index is 0.0923. The van der Waals surface area contributed by atoms with E-state index in [9.17, 15) is 14.0 Å². The minimum Gasteiger partial charge on any atom is -0.342 e. The van der Waals surface area contributed by atoms with Gasteiger partial charge in [-0.05, 0) is 36.1 Å². The number of piperazine rings is 1. The quantitative estimate of drug-likeness (QED) is 0.689. The Bertz CT molecular complexity index is 947. The van der Waals surface area contributed by atoms with Crippen LogP contribution >= 0.6 is 11.6 Å². The Kier molecular flexibility index (Phi) is 7.43. The monoisotopic (exact) mass is 457 g/mol. The van der Waals surface area contributed by atoms with Crippen LogP contribution in [0, 0.1) is 11.7 Å². The summed E-state index contributed by atoms with van der Waals surface area (Å²) in [4.78, 5) is 31.9. The lowest BCUT2D eigenvalue weighted by molar-refractivity contribution is -0.142. The fourth-order valence-electron chi connectivity index (χ4n) is 4.56. The molecule has 2 saturated heterocycles. The molecule has 2 aliphatic heterocycles. The Morgan fingerprint density at radius 2 is 1.72 bits per heavy atom. The molecule has 32 heavy (non-hydrogen) atoms. The number of rotatable bonds is 5. The lowest BCUT2D eigenvalue weighted by atomic mass is 9.95. The standard InChI is InChI=1S/C25H29ClFN3O2/c26-23-16-22(27)9-8-20(23)17-28-11-13-29(14-12-28)25(32)21-7-4-10-30(18-21)24(31)15-19-5-2-1-3-6-19/h1-3,5-6,8-9,16,21H,4,7,10-15,17-18H2. The molecule has 5 nitrogen and oxygen atoms in total. The highest BCUT2D eigenvalue weighted by Crippen LogP contribution is 2.23. The third-order valence-electron chi connectivity index (χ3n) is 6.41. The van der Waals surface area contributed by atoms with Crippen LogP contribution in [-0.4, -0.2) is 65.8 Å². The maximum Gasteiger partial charge on any atom is 0.227 e. The first-order valence-corrected chi connectivity index (χ1v) is 11.6. The number of carbonyl (C=O) groups is 2. The minimum atomic E-state index is -0.335. The van der Waals surface area contributed by atoms with E-state index in [-0.39, 0.29) is 23.5 Å². The number of likely N-dealkylation sites (tertiary alicyclic amines) is 1. The first-order chi connectivity index (χ1) is 15.5. The summed E-state index contributed by atoms with van der Waals surface area (Å²) in [5.74, 6) is -0.212. The summed E-state index contributed by atoms with van der Waals surface area (Å²) in [6.45, 7) is 4.70. The molecule has 170 valence electrons. The van der Waals surface area contributed by atoms with Crippen molar-refractivity contribution in [3.8, 4) is 0 Å². The van der Waals surface area contributed by atoms with Crippen molar-refractivity contribution < 1.29 is 14.0 Å². The second kappa shape index (κ2) is 10.5. The third-order valence-corrected chi connectivity index (χ3v) is 6.77. The van der Waals surface area contributed by atoms with Gasteiger partial charge in [0.05, 0.1) is 12.3 Å². The van der Waals surface area contributed by atoms with Crippen molar-refractivity contribution in [1.82, 2.24) is 14.7 Å². The zero-order valence-corrected chi connectivity index (χ0v) is 18.9. The lowest BCUT2D eigenvalue weighted by Gasteiger charge is -2.39. The first-order valence-electron chi connectivity index (χ1n) is 11.3. The van der Waals surface area contributed by atoms with Gasteiger partial charge in [-0.1, -0.05) is 48.0 Å². The molecule has 0 spiro atoms. The summed E-state index contributed by atoms with van der Waals surface area (Å²) in [5.41, 5.74) is 1.90. The van der Waals surface area contributed by atoms with E-state index in [1.807, 2.05) is 40.1 Å². The number of hydrogen-bond acceptors (Lipinski definition) is 3. The molecule has 1 atom stereocenters. The Morgan fingerprint density at radius 1 is 0.969 bits per heavy atom. The average Bonchev–Trinajstić information content (AvgIpc) is 2.81. The second-order valence-corrected chi connectivity index (χ2v) is 9.09. The van der Waals surface area contributed by atoms with Gasteiger partial charge in [0.2, 0.25) is 11.8 Å². The second-order valence-electron chi connectivity index (χ2n) is 8.68. The van der Waals surface area contributed by atoms with Gasteiger partial charge in [-0.25, -0.2) is 4.39 Å². The number of hydrogen-bond donors (Lipinski definition) is 0. The van der Waals surface area contributed by atoms with E-state index < -0.39 is 0 Å². The van der Waals surface area contributed by atoms with Gasteiger partial charge in [-0.2, -0.15) is 0 Å². The van der Waals surface area contributed by atoms with Crippen LogP contribution in [0.5, 0.6) is 0 Å². The van der Waals surface area contributed by atoms with Gasteiger partial charge < -0.3 is 9.80 Å². The average molecular weight is 458 g/mol. The third kappa shape index (κ3) is 5.67. The van der Waals surface area contributed by atoms with Gasteiger partial charge in [0.1, 0.15) is 5.82 Å². The fourth-order valence-corrected chi connectivity index (χ4v) is 4.79. The Hall–Kier alpha value is -2.44. The van der Waals surface area contributed by atoms with Crippen LogP contribution in [-0.2, 0) is 22.6 Å². The molecule has 4 rings (SSSR count). The van der Waals surface area contributed by atoms with E-state index in [0.29, 0.717) is 37.6 Å².